The number of imidazole rings is 1. The first kappa shape index (κ1) is 19.6. The van der Waals surface area contributed by atoms with Crippen molar-refractivity contribution in [1.29, 1.82) is 0 Å². The molecule has 33 heavy (non-hydrogen) atoms. The van der Waals surface area contributed by atoms with Crippen molar-refractivity contribution in [2.45, 2.75) is 38.3 Å². The van der Waals surface area contributed by atoms with Crippen LogP contribution in [-0.2, 0) is 6.61 Å². The van der Waals surface area contributed by atoms with E-state index >= 15 is 0 Å². The number of carbonyl (C=O) groups excluding carboxylic acids is 1. The molecule has 0 radical (unpaired) electrons. The van der Waals surface area contributed by atoms with Gasteiger partial charge < -0.3 is 14.6 Å². The highest BCUT2D eigenvalue weighted by Crippen LogP contribution is 2.33. The number of anilines is 1. The number of carbonyl (C=O) groups is 1. The fraction of sp³-hybridized carbons (Fsp3) is 0.261. The van der Waals surface area contributed by atoms with E-state index in [2.05, 4.69) is 25.5 Å². The average Bonchev–Trinajstić information content (AvgIpc) is 3.59. The molecule has 0 spiro atoms. The molecule has 1 amide bonds. The molecule has 1 aliphatic heterocycles. The number of amides is 1. The first-order valence-corrected chi connectivity index (χ1v) is 10.8. The van der Waals surface area contributed by atoms with E-state index in [1.807, 2.05) is 10.6 Å². The van der Waals surface area contributed by atoms with Gasteiger partial charge in [-0.25, -0.2) is 14.4 Å². The molecule has 2 aliphatic rings. The number of hydrogen-bond acceptors (Lipinski definition) is 6. The van der Waals surface area contributed by atoms with Crippen molar-refractivity contribution in [2.75, 3.05) is 5.32 Å². The van der Waals surface area contributed by atoms with E-state index in [9.17, 15) is 9.18 Å². The van der Waals surface area contributed by atoms with E-state index in [-0.39, 0.29) is 5.56 Å². The number of hydrogen-bond donors (Lipinski definition) is 1. The first-order valence-electron chi connectivity index (χ1n) is 10.8. The smallest absolute Gasteiger partial charge is 0.259 e. The maximum Gasteiger partial charge on any atom is 0.259 e. The molecule has 10 heteroatoms. The highest BCUT2D eigenvalue weighted by molar-refractivity contribution is 6.04. The Morgan fingerprint density at radius 1 is 1.18 bits per heavy atom. The summed E-state index contributed by atoms with van der Waals surface area (Å²) >= 11 is 0. The molecule has 0 saturated heterocycles. The number of nitrogens with one attached hydrogen (secondary N) is 1. The van der Waals surface area contributed by atoms with Crippen LogP contribution in [0.15, 0.2) is 49.2 Å². The van der Waals surface area contributed by atoms with Crippen molar-refractivity contribution in [3.8, 4) is 23.0 Å². The van der Waals surface area contributed by atoms with Crippen LogP contribution in [0.5, 0.6) is 5.75 Å². The van der Waals surface area contributed by atoms with Gasteiger partial charge in [0, 0.05) is 12.1 Å². The number of pyridine rings is 1. The van der Waals surface area contributed by atoms with Crippen LogP contribution in [-0.4, -0.2) is 35.2 Å². The standard InChI is InChI=1S/C23H20FN7O2/c24-17-9-20-19(30-12-25-10-15(30)11-33-20)8-16(17)23(32)28-21-7-3-6-18(27-21)22-29-26-13-31(22)14-4-1-2-5-14/h3,6-10,12-14H,1-2,4-5,11H2,(H,27,28,32). The van der Waals surface area contributed by atoms with Crippen LogP contribution in [0.1, 0.15) is 47.8 Å². The fourth-order valence-corrected chi connectivity index (χ4v) is 4.51. The molecule has 166 valence electrons. The van der Waals surface area contributed by atoms with Gasteiger partial charge in [0.2, 0.25) is 0 Å². The molecule has 4 aromatic rings. The summed E-state index contributed by atoms with van der Waals surface area (Å²) in [6.45, 7) is 0.292. The monoisotopic (exact) mass is 445 g/mol. The first-order chi connectivity index (χ1) is 16.2. The summed E-state index contributed by atoms with van der Waals surface area (Å²) in [5.74, 6) is 0.0372. The number of halogens is 1. The van der Waals surface area contributed by atoms with Crippen LogP contribution in [0.4, 0.5) is 10.2 Å². The number of nitrogens with zero attached hydrogens (tertiary/aromatic N) is 6. The van der Waals surface area contributed by atoms with Gasteiger partial charge in [-0.05, 0) is 31.0 Å². The number of aromatic nitrogens is 6. The van der Waals surface area contributed by atoms with Gasteiger partial charge in [-0.3, -0.25) is 9.36 Å². The Morgan fingerprint density at radius 3 is 2.94 bits per heavy atom. The lowest BCUT2D eigenvalue weighted by atomic mass is 10.1. The van der Waals surface area contributed by atoms with Crippen LogP contribution in [0.2, 0.25) is 0 Å². The minimum atomic E-state index is -0.674. The van der Waals surface area contributed by atoms with Crippen molar-refractivity contribution in [2.24, 2.45) is 0 Å². The largest absolute Gasteiger partial charge is 0.485 e. The zero-order valence-corrected chi connectivity index (χ0v) is 17.6. The van der Waals surface area contributed by atoms with Crippen LogP contribution in [0.25, 0.3) is 17.2 Å². The second kappa shape index (κ2) is 7.80. The molecule has 1 saturated carbocycles. The van der Waals surface area contributed by atoms with Crippen molar-refractivity contribution < 1.29 is 13.9 Å². The summed E-state index contributed by atoms with van der Waals surface area (Å²) < 4.78 is 24.2. The zero-order valence-electron chi connectivity index (χ0n) is 17.6. The molecule has 1 aromatic carbocycles. The summed E-state index contributed by atoms with van der Waals surface area (Å²) in [5.41, 5.74) is 1.87. The molecule has 3 aromatic heterocycles. The van der Waals surface area contributed by atoms with Gasteiger partial charge in [-0.1, -0.05) is 18.9 Å². The summed E-state index contributed by atoms with van der Waals surface area (Å²) in [6.07, 6.45) is 9.55. The Labute approximate surface area is 188 Å². The number of ether oxygens (including phenoxy) is 1. The second-order valence-corrected chi connectivity index (χ2v) is 8.21. The third kappa shape index (κ3) is 3.43. The predicted molar refractivity (Wildman–Crippen MR) is 117 cm³/mol. The van der Waals surface area contributed by atoms with Crippen molar-refractivity contribution >= 4 is 11.7 Å². The molecular formula is C23H20FN7O2. The molecule has 0 unspecified atom stereocenters. The fourth-order valence-electron chi connectivity index (χ4n) is 4.51. The van der Waals surface area contributed by atoms with E-state index < -0.39 is 11.7 Å². The molecule has 1 N–H and O–H groups in total. The Bertz CT molecular complexity index is 1360. The van der Waals surface area contributed by atoms with Crippen molar-refractivity contribution in [3.63, 3.8) is 0 Å². The molecule has 1 aliphatic carbocycles. The predicted octanol–water partition coefficient (Wildman–Crippen LogP) is 3.92. The number of fused-ring (bicyclic) bond motifs is 3. The van der Waals surface area contributed by atoms with Gasteiger partial charge in [-0.15, -0.1) is 10.2 Å². The second-order valence-electron chi connectivity index (χ2n) is 8.21. The van der Waals surface area contributed by atoms with Gasteiger partial charge in [0.05, 0.1) is 29.5 Å². The molecular weight excluding hydrogens is 425 g/mol. The molecule has 9 nitrogen and oxygen atoms in total. The maximum atomic E-state index is 14.8. The summed E-state index contributed by atoms with van der Waals surface area (Å²) in [5, 5.41) is 11.0. The molecule has 6 rings (SSSR count). The van der Waals surface area contributed by atoms with E-state index in [1.54, 1.807) is 35.6 Å². The minimum Gasteiger partial charge on any atom is -0.485 e. The van der Waals surface area contributed by atoms with E-state index in [1.165, 1.54) is 25.0 Å². The third-order valence-electron chi connectivity index (χ3n) is 6.15. The highest BCUT2D eigenvalue weighted by atomic mass is 19.1. The quantitative estimate of drug-likeness (QED) is 0.511. The normalized spacial score (nSPS) is 15.1. The third-order valence-corrected chi connectivity index (χ3v) is 6.15. The van der Waals surface area contributed by atoms with Gasteiger partial charge in [0.1, 0.15) is 36.0 Å². The molecule has 0 bridgehead atoms. The SMILES string of the molecule is O=C(Nc1cccc(-c2nncn2C2CCCC2)n1)c1cc2c(cc1F)OCc1cncn1-2. The molecule has 4 heterocycles. The topological polar surface area (TPSA) is 99.8 Å². The van der Waals surface area contributed by atoms with E-state index in [0.717, 1.165) is 18.5 Å². The Hall–Kier alpha value is -4.08. The van der Waals surface area contributed by atoms with E-state index in [0.29, 0.717) is 41.4 Å². The minimum absolute atomic E-state index is 0.111. The van der Waals surface area contributed by atoms with Gasteiger partial charge >= 0.3 is 0 Å². The van der Waals surface area contributed by atoms with Gasteiger partial charge in [-0.2, -0.15) is 0 Å². The van der Waals surface area contributed by atoms with E-state index in [4.69, 9.17) is 4.74 Å². The lowest BCUT2D eigenvalue weighted by molar-refractivity contribution is 0.102. The summed E-state index contributed by atoms with van der Waals surface area (Å²) in [6, 6.07) is 8.30. The number of benzene rings is 1. The Morgan fingerprint density at radius 2 is 2.06 bits per heavy atom. The van der Waals surface area contributed by atoms with Crippen LogP contribution < -0.4 is 10.1 Å². The maximum absolute atomic E-state index is 14.8. The van der Waals surface area contributed by atoms with Gasteiger partial charge in [0.15, 0.2) is 5.82 Å². The van der Waals surface area contributed by atoms with Crippen LogP contribution in [0.3, 0.4) is 0 Å². The van der Waals surface area contributed by atoms with Crippen molar-refractivity contribution in [1.82, 2.24) is 29.3 Å². The summed E-state index contributed by atoms with van der Waals surface area (Å²) in [4.78, 5) is 21.6. The summed E-state index contributed by atoms with van der Waals surface area (Å²) in [7, 11) is 0. The zero-order chi connectivity index (χ0) is 22.4. The average molecular weight is 445 g/mol. The number of rotatable bonds is 4. The van der Waals surface area contributed by atoms with Crippen LogP contribution in [0, 0.1) is 5.82 Å². The molecule has 1 fully saturated rings. The Kier molecular flexibility index (Phi) is 4.63. The van der Waals surface area contributed by atoms with Crippen LogP contribution >= 0.6 is 0 Å². The lowest BCUT2D eigenvalue weighted by Gasteiger charge is -2.20. The van der Waals surface area contributed by atoms with Crippen molar-refractivity contribution in [3.05, 3.63) is 66.3 Å². The lowest BCUT2D eigenvalue weighted by Crippen LogP contribution is -2.18. The highest BCUT2D eigenvalue weighted by Gasteiger charge is 2.24. The Balaban J connectivity index is 1.29. The van der Waals surface area contributed by atoms with Gasteiger partial charge in [0.25, 0.3) is 5.91 Å². The molecule has 0 atom stereocenters.